The van der Waals surface area contributed by atoms with Crippen LogP contribution in [0.1, 0.15) is 25.0 Å². The average Bonchev–Trinajstić information content (AvgIpc) is 2.44. The summed E-state index contributed by atoms with van der Waals surface area (Å²) in [7, 11) is 1.60. The summed E-state index contributed by atoms with van der Waals surface area (Å²) in [5.41, 5.74) is 2.47. The van der Waals surface area contributed by atoms with Crippen molar-refractivity contribution in [2.75, 3.05) is 13.7 Å². The lowest BCUT2D eigenvalue weighted by Crippen LogP contribution is -2.16. The second-order valence-corrected chi connectivity index (χ2v) is 5.45. The standard InChI is InChI=1S/C16H21NO3S/c1-5-20-16(19)14(12(3)18)15(17-4)21-10-13-8-6-11(2)7-9-13/h6-9,18H,5,10H2,1-4H3/b14-12+,17-15?. The summed E-state index contributed by atoms with van der Waals surface area (Å²) in [5.74, 6) is 0.0447. The van der Waals surface area contributed by atoms with Gasteiger partial charge in [-0.1, -0.05) is 29.8 Å². The van der Waals surface area contributed by atoms with E-state index in [1.54, 1.807) is 14.0 Å². The van der Waals surface area contributed by atoms with Crippen LogP contribution in [0, 0.1) is 6.92 Å². The van der Waals surface area contributed by atoms with E-state index in [9.17, 15) is 9.90 Å². The number of aliphatic hydroxyl groups is 1. The molecule has 0 saturated carbocycles. The molecule has 0 bridgehead atoms. The van der Waals surface area contributed by atoms with Crippen LogP contribution in [0.3, 0.4) is 0 Å². The lowest BCUT2D eigenvalue weighted by Gasteiger charge is -2.10. The largest absolute Gasteiger partial charge is 0.512 e. The number of rotatable bonds is 5. The number of esters is 1. The molecule has 21 heavy (non-hydrogen) atoms. The molecule has 0 spiro atoms. The van der Waals surface area contributed by atoms with Crippen LogP contribution in [0.25, 0.3) is 0 Å². The molecule has 0 fully saturated rings. The number of aliphatic hydroxyl groups excluding tert-OH is 1. The Morgan fingerprint density at radius 2 is 1.95 bits per heavy atom. The van der Waals surface area contributed by atoms with Crippen LogP contribution < -0.4 is 0 Å². The van der Waals surface area contributed by atoms with Crippen LogP contribution in [0.15, 0.2) is 40.6 Å². The van der Waals surface area contributed by atoms with Crippen LogP contribution in [0.5, 0.6) is 0 Å². The molecule has 0 saturated heterocycles. The van der Waals surface area contributed by atoms with E-state index in [0.29, 0.717) is 10.8 Å². The monoisotopic (exact) mass is 307 g/mol. The molecular weight excluding hydrogens is 286 g/mol. The Balaban J connectivity index is 2.84. The highest BCUT2D eigenvalue weighted by molar-refractivity contribution is 8.13. The fraction of sp³-hybridized carbons (Fsp3) is 0.375. The maximum absolute atomic E-state index is 11.9. The van der Waals surface area contributed by atoms with E-state index >= 15 is 0 Å². The highest BCUT2D eigenvalue weighted by Crippen LogP contribution is 2.21. The minimum atomic E-state index is -0.547. The Hall–Kier alpha value is -1.75. The second kappa shape index (κ2) is 8.52. The zero-order valence-corrected chi connectivity index (χ0v) is 13.7. The van der Waals surface area contributed by atoms with E-state index in [4.69, 9.17) is 4.74 Å². The quantitative estimate of drug-likeness (QED) is 0.296. The first-order valence-electron chi connectivity index (χ1n) is 6.72. The molecule has 1 aromatic rings. The Labute approximate surface area is 129 Å². The molecule has 1 N–H and O–H groups in total. The molecule has 1 aromatic carbocycles. The number of benzene rings is 1. The highest BCUT2D eigenvalue weighted by Gasteiger charge is 2.21. The van der Waals surface area contributed by atoms with Gasteiger partial charge < -0.3 is 9.84 Å². The molecule has 5 heteroatoms. The summed E-state index contributed by atoms with van der Waals surface area (Å²) in [6, 6.07) is 8.15. The second-order valence-electron chi connectivity index (χ2n) is 4.48. The number of hydrogen-bond donors (Lipinski definition) is 1. The molecule has 0 heterocycles. The third-order valence-corrected chi connectivity index (χ3v) is 3.89. The molecule has 0 aliphatic carbocycles. The number of ether oxygens (including phenoxy) is 1. The predicted molar refractivity (Wildman–Crippen MR) is 87.8 cm³/mol. The van der Waals surface area contributed by atoms with Gasteiger partial charge in [0.25, 0.3) is 0 Å². The van der Waals surface area contributed by atoms with Crippen molar-refractivity contribution >= 4 is 22.8 Å². The number of aryl methyl sites for hydroxylation is 1. The highest BCUT2D eigenvalue weighted by atomic mass is 32.2. The first-order valence-corrected chi connectivity index (χ1v) is 7.70. The number of hydrogen-bond acceptors (Lipinski definition) is 5. The summed E-state index contributed by atoms with van der Waals surface area (Å²) in [5, 5.41) is 10.2. The van der Waals surface area contributed by atoms with Gasteiger partial charge in [-0.25, -0.2) is 4.79 Å². The van der Waals surface area contributed by atoms with Crippen molar-refractivity contribution in [3.63, 3.8) is 0 Å². The smallest absolute Gasteiger partial charge is 0.344 e. The topological polar surface area (TPSA) is 58.9 Å². The van der Waals surface area contributed by atoms with Crippen molar-refractivity contribution in [2.24, 2.45) is 4.99 Å². The molecule has 0 aliphatic heterocycles. The van der Waals surface area contributed by atoms with E-state index in [1.807, 2.05) is 31.2 Å². The molecular formula is C16H21NO3S. The van der Waals surface area contributed by atoms with Gasteiger partial charge in [0.05, 0.1) is 6.61 Å². The van der Waals surface area contributed by atoms with E-state index in [0.717, 1.165) is 5.56 Å². The summed E-state index contributed by atoms with van der Waals surface area (Å²) < 4.78 is 4.96. The normalized spacial score (nSPS) is 12.9. The van der Waals surface area contributed by atoms with Gasteiger partial charge >= 0.3 is 5.97 Å². The maximum Gasteiger partial charge on any atom is 0.344 e. The number of aliphatic imine (C=N–C) groups is 1. The van der Waals surface area contributed by atoms with Crippen LogP contribution in [-0.2, 0) is 15.3 Å². The van der Waals surface area contributed by atoms with Gasteiger partial charge in [0, 0.05) is 12.8 Å². The molecule has 4 nitrogen and oxygen atoms in total. The maximum atomic E-state index is 11.9. The molecule has 0 aromatic heterocycles. The lowest BCUT2D eigenvalue weighted by atomic mass is 10.2. The minimum absolute atomic E-state index is 0.0783. The summed E-state index contributed by atoms with van der Waals surface area (Å²) >= 11 is 1.40. The van der Waals surface area contributed by atoms with Crippen LogP contribution in [-0.4, -0.2) is 29.8 Å². The van der Waals surface area contributed by atoms with Crippen LogP contribution >= 0.6 is 11.8 Å². The van der Waals surface area contributed by atoms with E-state index in [2.05, 4.69) is 4.99 Å². The molecule has 114 valence electrons. The van der Waals surface area contributed by atoms with Crippen molar-refractivity contribution in [3.05, 3.63) is 46.7 Å². The summed E-state index contributed by atoms with van der Waals surface area (Å²) in [4.78, 5) is 16.0. The number of nitrogens with zero attached hydrogens (tertiary/aromatic N) is 1. The van der Waals surface area contributed by atoms with Crippen molar-refractivity contribution in [3.8, 4) is 0 Å². The van der Waals surface area contributed by atoms with E-state index < -0.39 is 5.97 Å². The van der Waals surface area contributed by atoms with E-state index in [-0.39, 0.29) is 17.9 Å². The van der Waals surface area contributed by atoms with Gasteiger partial charge in [0.2, 0.25) is 0 Å². The Bertz CT molecular complexity index is 543. The van der Waals surface area contributed by atoms with Crippen molar-refractivity contribution < 1.29 is 14.6 Å². The SMILES string of the molecule is CCOC(=O)/C(C(=NC)SCc1ccc(C)cc1)=C(\C)O. The third-order valence-electron chi connectivity index (χ3n) is 2.75. The van der Waals surface area contributed by atoms with Gasteiger partial charge in [0.1, 0.15) is 16.4 Å². The van der Waals surface area contributed by atoms with Crippen LogP contribution in [0.2, 0.25) is 0 Å². The Morgan fingerprint density at radius 1 is 1.33 bits per heavy atom. The van der Waals surface area contributed by atoms with Crippen molar-refractivity contribution in [1.29, 1.82) is 0 Å². The van der Waals surface area contributed by atoms with Gasteiger partial charge in [-0.2, -0.15) is 0 Å². The Morgan fingerprint density at radius 3 is 2.43 bits per heavy atom. The van der Waals surface area contributed by atoms with E-state index in [1.165, 1.54) is 24.2 Å². The molecule has 0 atom stereocenters. The molecule has 0 aliphatic rings. The first-order chi connectivity index (χ1) is 9.99. The first kappa shape index (κ1) is 17.3. The fourth-order valence-electron chi connectivity index (χ4n) is 1.68. The summed E-state index contributed by atoms with van der Waals surface area (Å²) in [6.07, 6.45) is 0. The summed E-state index contributed by atoms with van der Waals surface area (Å²) in [6.45, 7) is 5.48. The minimum Gasteiger partial charge on any atom is -0.512 e. The number of thioether (sulfide) groups is 1. The number of carbonyl (C=O) groups excluding carboxylic acids is 1. The predicted octanol–water partition coefficient (Wildman–Crippen LogP) is 3.65. The number of carbonyl (C=O) groups is 1. The van der Waals surface area contributed by atoms with Crippen molar-refractivity contribution in [2.45, 2.75) is 26.5 Å². The average molecular weight is 307 g/mol. The van der Waals surface area contributed by atoms with Crippen molar-refractivity contribution in [1.82, 2.24) is 0 Å². The van der Waals surface area contributed by atoms with Crippen LogP contribution in [0.4, 0.5) is 0 Å². The Kier molecular flexibility index (Phi) is 7.02. The zero-order valence-electron chi connectivity index (χ0n) is 12.8. The number of allylic oxidation sites excluding steroid dienone is 1. The van der Waals surface area contributed by atoms with Gasteiger partial charge in [0.15, 0.2) is 0 Å². The van der Waals surface area contributed by atoms with Gasteiger partial charge in [-0.15, -0.1) is 11.8 Å². The molecule has 1 rings (SSSR count). The fourth-order valence-corrected chi connectivity index (χ4v) is 2.68. The molecule has 0 amide bonds. The molecule has 0 radical (unpaired) electrons. The third kappa shape index (κ3) is 5.27. The molecule has 0 unspecified atom stereocenters. The van der Waals surface area contributed by atoms with Gasteiger partial charge in [-0.3, -0.25) is 4.99 Å². The lowest BCUT2D eigenvalue weighted by molar-refractivity contribution is -0.138. The van der Waals surface area contributed by atoms with Gasteiger partial charge in [-0.05, 0) is 26.3 Å². The zero-order chi connectivity index (χ0) is 15.8.